The highest BCUT2D eigenvalue weighted by Crippen LogP contribution is 2.30. The van der Waals surface area contributed by atoms with Crippen LogP contribution >= 0.6 is 22.9 Å². The molecule has 1 aliphatic rings. The van der Waals surface area contributed by atoms with Gasteiger partial charge in [-0.15, -0.1) is 11.3 Å². The summed E-state index contributed by atoms with van der Waals surface area (Å²) in [5.74, 6) is 0.757. The van der Waals surface area contributed by atoms with E-state index < -0.39 is 0 Å². The summed E-state index contributed by atoms with van der Waals surface area (Å²) in [7, 11) is 0. The molecule has 1 amide bonds. The van der Waals surface area contributed by atoms with Gasteiger partial charge in [0.1, 0.15) is 0 Å². The zero-order chi connectivity index (χ0) is 16.8. The van der Waals surface area contributed by atoms with Gasteiger partial charge in [0.05, 0.1) is 6.42 Å². The SMILES string of the molecule is O=C(Cc1ccccc1Cl)NCCN1CCC(c2cccs2)CC1. The Morgan fingerprint density at radius 2 is 2.00 bits per heavy atom. The van der Waals surface area contributed by atoms with E-state index in [1.807, 2.05) is 35.6 Å². The topological polar surface area (TPSA) is 32.3 Å². The van der Waals surface area contributed by atoms with Crippen molar-refractivity contribution in [1.29, 1.82) is 0 Å². The van der Waals surface area contributed by atoms with Crippen molar-refractivity contribution in [2.24, 2.45) is 0 Å². The Labute approximate surface area is 152 Å². The predicted octanol–water partition coefficient (Wildman–Crippen LogP) is 3.94. The molecule has 0 spiro atoms. The van der Waals surface area contributed by atoms with Crippen molar-refractivity contribution >= 4 is 28.8 Å². The summed E-state index contributed by atoms with van der Waals surface area (Å²) >= 11 is 7.96. The maximum Gasteiger partial charge on any atom is 0.224 e. The van der Waals surface area contributed by atoms with Gasteiger partial charge in [0.2, 0.25) is 5.91 Å². The first-order valence-corrected chi connectivity index (χ1v) is 9.74. The molecule has 0 aliphatic carbocycles. The first kappa shape index (κ1) is 17.5. The smallest absolute Gasteiger partial charge is 0.224 e. The maximum absolute atomic E-state index is 12.0. The van der Waals surface area contributed by atoms with Gasteiger partial charge in [-0.2, -0.15) is 0 Å². The van der Waals surface area contributed by atoms with Crippen LogP contribution in [0.2, 0.25) is 5.02 Å². The van der Waals surface area contributed by atoms with E-state index in [4.69, 9.17) is 11.6 Å². The van der Waals surface area contributed by atoms with Gasteiger partial charge in [-0.05, 0) is 54.9 Å². The third-order valence-electron chi connectivity index (χ3n) is 4.59. The summed E-state index contributed by atoms with van der Waals surface area (Å²) in [4.78, 5) is 16.0. The lowest BCUT2D eigenvalue weighted by molar-refractivity contribution is -0.120. The minimum atomic E-state index is 0.0385. The second-order valence-corrected chi connectivity index (χ2v) is 7.64. The van der Waals surface area contributed by atoms with Gasteiger partial charge in [0.15, 0.2) is 0 Å². The number of carbonyl (C=O) groups excluding carboxylic acids is 1. The van der Waals surface area contributed by atoms with Crippen LogP contribution in [0.5, 0.6) is 0 Å². The van der Waals surface area contributed by atoms with Crippen molar-refractivity contribution in [3.63, 3.8) is 0 Å². The lowest BCUT2D eigenvalue weighted by Crippen LogP contribution is -2.39. The number of carbonyl (C=O) groups is 1. The molecule has 1 aromatic heterocycles. The fraction of sp³-hybridized carbons (Fsp3) is 0.421. The Morgan fingerprint density at radius 1 is 1.21 bits per heavy atom. The van der Waals surface area contributed by atoms with Crippen LogP contribution in [0.3, 0.4) is 0 Å². The second kappa shape index (κ2) is 8.65. The highest BCUT2D eigenvalue weighted by Gasteiger charge is 2.20. The quantitative estimate of drug-likeness (QED) is 0.844. The highest BCUT2D eigenvalue weighted by molar-refractivity contribution is 7.10. The van der Waals surface area contributed by atoms with Crippen LogP contribution in [-0.2, 0) is 11.2 Å². The Hall–Kier alpha value is -1.36. The molecule has 1 fully saturated rings. The summed E-state index contributed by atoms with van der Waals surface area (Å²) in [6.45, 7) is 3.85. The number of piperidine rings is 1. The van der Waals surface area contributed by atoms with Crippen LogP contribution < -0.4 is 5.32 Å². The van der Waals surface area contributed by atoms with E-state index in [0.717, 1.165) is 31.1 Å². The van der Waals surface area contributed by atoms with Crippen LogP contribution in [0.1, 0.15) is 29.2 Å². The number of hydrogen-bond donors (Lipinski definition) is 1. The van der Waals surface area contributed by atoms with E-state index in [1.165, 1.54) is 17.7 Å². The van der Waals surface area contributed by atoms with Gasteiger partial charge in [-0.1, -0.05) is 35.9 Å². The predicted molar refractivity (Wildman–Crippen MR) is 101 cm³/mol. The standard InChI is InChI=1S/C19H23ClN2OS/c20-17-5-2-1-4-16(17)14-19(23)21-9-12-22-10-7-15(8-11-22)18-6-3-13-24-18/h1-6,13,15H,7-12,14H2,(H,21,23). The van der Waals surface area contributed by atoms with E-state index in [1.54, 1.807) is 0 Å². The molecule has 0 bridgehead atoms. The molecular weight excluding hydrogens is 340 g/mol. The molecule has 2 heterocycles. The van der Waals surface area contributed by atoms with Crippen LogP contribution in [-0.4, -0.2) is 37.0 Å². The zero-order valence-electron chi connectivity index (χ0n) is 13.7. The molecule has 0 atom stereocenters. The van der Waals surface area contributed by atoms with Crippen molar-refractivity contribution in [2.45, 2.75) is 25.2 Å². The molecule has 0 radical (unpaired) electrons. The van der Waals surface area contributed by atoms with Crippen molar-refractivity contribution in [3.8, 4) is 0 Å². The number of nitrogens with zero attached hydrogens (tertiary/aromatic N) is 1. The molecule has 1 saturated heterocycles. The van der Waals surface area contributed by atoms with Gasteiger partial charge >= 0.3 is 0 Å². The van der Waals surface area contributed by atoms with E-state index >= 15 is 0 Å². The number of likely N-dealkylation sites (tertiary alicyclic amines) is 1. The molecule has 3 rings (SSSR count). The normalized spacial score (nSPS) is 16.2. The Balaban J connectivity index is 1.35. The average molecular weight is 363 g/mol. The Bertz CT molecular complexity index is 651. The lowest BCUT2D eigenvalue weighted by Gasteiger charge is -2.31. The van der Waals surface area contributed by atoms with Crippen LogP contribution in [0.25, 0.3) is 0 Å². The van der Waals surface area contributed by atoms with Crippen LogP contribution in [0.15, 0.2) is 41.8 Å². The van der Waals surface area contributed by atoms with Gasteiger partial charge in [0.25, 0.3) is 0 Å². The highest BCUT2D eigenvalue weighted by atomic mass is 35.5. The molecule has 5 heteroatoms. The largest absolute Gasteiger partial charge is 0.355 e. The molecule has 2 aromatic rings. The fourth-order valence-corrected chi connectivity index (χ4v) is 4.30. The Kier molecular flexibility index (Phi) is 6.30. The fourth-order valence-electron chi connectivity index (χ4n) is 3.20. The molecule has 0 saturated carbocycles. The van der Waals surface area contributed by atoms with Crippen LogP contribution in [0.4, 0.5) is 0 Å². The zero-order valence-corrected chi connectivity index (χ0v) is 15.3. The average Bonchev–Trinajstić information content (AvgIpc) is 3.12. The number of halogens is 1. The second-order valence-electron chi connectivity index (χ2n) is 6.25. The van der Waals surface area contributed by atoms with Gasteiger partial charge < -0.3 is 10.2 Å². The van der Waals surface area contributed by atoms with E-state index in [2.05, 4.69) is 27.7 Å². The van der Waals surface area contributed by atoms with Crippen molar-refractivity contribution in [3.05, 3.63) is 57.2 Å². The van der Waals surface area contributed by atoms with E-state index in [0.29, 0.717) is 18.0 Å². The third kappa shape index (κ3) is 4.82. The van der Waals surface area contributed by atoms with Gasteiger partial charge in [-0.3, -0.25) is 4.79 Å². The first-order valence-electron chi connectivity index (χ1n) is 8.48. The number of amides is 1. The molecule has 0 unspecified atom stereocenters. The minimum Gasteiger partial charge on any atom is -0.355 e. The number of hydrogen-bond acceptors (Lipinski definition) is 3. The number of thiophene rings is 1. The minimum absolute atomic E-state index is 0.0385. The summed E-state index contributed by atoms with van der Waals surface area (Å²) in [6.07, 6.45) is 2.78. The monoisotopic (exact) mass is 362 g/mol. The summed E-state index contributed by atoms with van der Waals surface area (Å²) < 4.78 is 0. The molecule has 24 heavy (non-hydrogen) atoms. The molecule has 3 nitrogen and oxygen atoms in total. The molecular formula is C19H23ClN2OS. The maximum atomic E-state index is 12.0. The van der Waals surface area contributed by atoms with Crippen molar-refractivity contribution in [1.82, 2.24) is 10.2 Å². The molecule has 1 aliphatic heterocycles. The summed E-state index contributed by atoms with van der Waals surface area (Å²) in [5.41, 5.74) is 0.883. The first-order chi connectivity index (χ1) is 11.7. The lowest BCUT2D eigenvalue weighted by atomic mass is 9.95. The summed E-state index contributed by atoms with van der Waals surface area (Å²) in [6, 6.07) is 11.9. The number of nitrogens with one attached hydrogen (secondary N) is 1. The molecule has 128 valence electrons. The van der Waals surface area contributed by atoms with Crippen molar-refractivity contribution in [2.75, 3.05) is 26.2 Å². The van der Waals surface area contributed by atoms with Gasteiger partial charge in [0, 0.05) is 23.0 Å². The molecule has 1 aromatic carbocycles. The molecule has 1 N–H and O–H groups in total. The number of benzene rings is 1. The number of rotatable bonds is 6. The van der Waals surface area contributed by atoms with E-state index in [9.17, 15) is 4.79 Å². The van der Waals surface area contributed by atoms with Crippen molar-refractivity contribution < 1.29 is 4.79 Å². The summed E-state index contributed by atoms with van der Waals surface area (Å²) in [5, 5.41) is 5.83. The van der Waals surface area contributed by atoms with E-state index in [-0.39, 0.29) is 5.91 Å². The Morgan fingerprint density at radius 3 is 2.71 bits per heavy atom. The van der Waals surface area contributed by atoms with Gasteiger partial charge in [-0.25, -0.2) is 0 Å². The third-order valence-corrected chi connectivity index (χ3v) is 6.00. The van der Waals surface area contributed by atoms with Crippen LogP contribution in [0, 0.1) is 0 Å².